The average Bonchev–Trinajstić information content (AvgIpc) is 3.02. The Bertz CT molecular complexity index is 837. The van der Waals surface area contributed by atoms with Gasteiger partial charge in [-0.3, -0.25) is 9.32 Å². The van der Waals surface area contributed by atoms with Crippen molar-refractivity contribution in [3.8, 4) is 5.69 Å². The van der Waals surface area contributed by atoms with Gasteiger partial charge in [-0.05, 0) is 43.1 Å². The quantitative estimate of drug-likeness (QED) is 0.490. The van der Waals surface area contributed by atoms with Gasteiger partial charge in [0.05, 0.1) is 5.75 Å². The van der Waals surface area contributed by atoms with Gasteiger partial charge in [0.25, 0.3) is 0 Å². The van der Waals surface area contributed by atoms with E-state index < -0.39 is 5.63 Å². The molecule has 0 bridgehead atoms. The number of aromatic nitrogens is 2. The Kier molecular flexibility index (Phi) is 5.93. The first kappa shape index (κ1) is 18.8. The lowest BCUT2D eigenvalue weighted by Crippen LogP contribution is -2.46. The third-order valence-electron chi connectivity index (χ3n) is 4.66. The summed E-state index contributed by atoms with van der Waals surface area (Å²) < 4.78 is 6.93. The second kappa shape index (κ2) is 8.18. The fraction of sp³-hybridized carbons (Fsp3) is 0.444. The Morgan fingerprint density at radius 1 is 1.31 bits per heavy atom. The molecule has 1 saturated heterocycles. The number of aromatic amines is 1. The lowest BCUT2D eigenvalue weighted by molar-refractivity contribution is -0.672. The van der Waals surface area contributed by atoms with Gasteiger partial charge in [0.2, 0.25) is 11.5 Å². The molecule has 2 atom stereocenters. The Morgan fingerprint density at radius 2 is 1.96 bits per heavy atom. The first-order chi connectivity index (χ1) is 12.5. The zero-order chi connectivity index (χ0) is 18.7. The molecule has 1 fully saturated rings. The SMILES string of the molecule is CC1CCCC(C)N1C(=S)SCC(=O)c1c(=O)o[nH][n+]1-c1ccccc1. The molecule has 1 aromatic carbocycles. The summed E-state index contributed by atoms with van der Waals surface area (Å²) in [5.41, 5.74) is -0.0381. The fourth-order valence-corrected chi connectivity index (χ4v) is 4.76. The number of H-pyrrole nitrogens is 1. The minimum absolute atomic E-state index is 0.0220. The maximum atomic E-state index is 12.7. The summed E-state index contributed by atoms with van der Waals surface area (Å²) in [6, 6.07) is 9.84. The highest BCUT2D eigenvalue weighted by molar-refractivity contribution is 8.23. The molecule has 2 heterocycles. The number of ketones is 1. The number of hydrogen-bond donors (Lipinski definition) is 1. The normalized spacial score (nSPS) is 20.2. The topological polar surface area (TPSA) is 70.2 Å². The Labute approximate surface area is 161 Å². The molecule has 1 aromatic heterocycles. The van der Waals surface area contributed by atoms with Gasteiger partial charge in [-0.25, -0.2) is 4.79 Å². The average molecular weight is 393 g/mol. The number of hydrogen-bond acceptors (Lipinski definition) is 5. The fourth-order valence-electron chi connectivity index (χ4n) is 3.32. The van der Waals surface area contributed by atoms with Gasteiger partial charge >= 0.3 is 11.3 Å². The minimum Gasteiger partial charge on any atom is -0.352 e. The number of thioether (sulfide) groups is 1. The highest BCUT2D eigenvalue weighted by Crippen LogP contribution is 2.26. The van der Waals surface area contributed by atoms with Crippen molar-refractivity contribution < 1.29 is 14.0 Å². The number of para-hydroxylation sites is 1. The molecule has 1 aliphatic heterocycles. The van der Waals surface area contributed by atoms with Crippen molar-refractivity contribution in [2.45, 2.75) is 45.2 Å². The van der Waals surface area contributed by atoms with E-state index in [9.17, 15) is 9.59 Å². The van der Waals surface area contributed by atoms with Crippen LogP contribution in [0.3, 0.4) is 0 Å². The molecule has 26 heavy (non-hydrogen) atoms. The van der Waals surface area contributed by atoms with Crippen molar-refractivity contribution in [1.82, 2.24) is 10.2 Å². The number of nitrogens with one attached hydrogen (secondary N) is 1. The highest BCUT2D eigenvalue weighted by Gasteiger charge is 2.32. The Morgan fingerprint density at radius 3 is 2.62 bits per heavy atom. The maximum Gasteiger partial charge on any atom is 0.438 e. The molecule has 2 aromatic rings. The molecular formula is C18H22N3O3S2+. The Balaban J connectivity index is 1.72. The number of rotatable bonds is 4. The zero-order valence-electron chi connectivity index (χ0n) is 14.8. The molecule has 0 saturated carbocycles. The van der Waals surface area contributed by atoms with E-state index in [4.69, 9.17) is 16.7 Å². The van der Waals surface area contributed by atoms with Crippen molar-refractivity contribution in [3.63, 3.8) is 0 Å². The number of piperidine rings is 1. The van der Waals surface area contributed by atoms with E-state index in [2.05, 4.69) is 24.0 Å². The van der Waals surface area contributed by atoms with Crippen LogP contribution in [0.15, 0.2) is 39.6 Å². The van der Waals surface area contributed by atoms with Crippen LogP contribution in [0.4, 0.5) is 0 Å². The van der Waals surface area contributed by atoms with Crippen LogP contribution in [-0.4, -0.2) is 38.1 Å². The standard InChI is InChI=1S/C18H21N3O3S2/c1-12-7-6-8-13(2)20(12)18(25)26-11-15(22)16-17(23)24-19-21(16)14-9-4-3-5-10-14/h3-5,9-10,12-13H,6-8,11H2,1-2H3/p+1. The molecule has 0 radical (unpaired) electrons. The van der Waals surface area contributed by atoms with E-state index >= 15 is 0 Å². The van der Waals surface area contributed by atoms with E-state index in [0.29, 0.717) is 22.1 Å². The minimum atomic E-state index is -0.676. The van der Waals surface area contributed by atoms with E-state index in [-0.39, 0.29) is 17.2 Å². The summed E-state index contributed by atoms with van der Waals surface area (Å²) in [5, 5.41) is 2.49. The molecule has 1 N–H and O–H groups in total. The maximum absolute atomic E-state index is 12.7. The van der Waals surface area contributed by atoms with Crippen molar-refractivity contribution in [2.24, 2.45) is 0 Å². The monoisotopic (exact) mass is 392 g/mol. The van der Waals surface area contributed by atoms with Gasteiger partial charge in [0.1, 0.15) is 4.32 Å². The smallest absolute Gasteiger partial charge is 0.352 e. The van der Waals surface area contributed by atoms with Gasteiger partial charge in [-0.1, -0.05) is 42.2 Å². The molecule has 3 rings (SSSR count). The lowest BCUT2D eigenvalue weighted by Gasteiger charge is -2.40. The predicted molar refractivity (Wildman–Crippen MR) is 105 cm³/mol. The van der Waals surface area contributed by atoms with Crippen molar-refractivity contribution in [2.75, 3.05) is 5.75 Å². The summed E-state index contributed by atoms with van der Waals surface area (Å²) in [6.45, 7) is 4.32. The summed E-state index contributed by atoms with van der Waals surface area (Å²) in [4.78, 5) is 26.9. The van der Waals surface area contributed by atoms with Crippen LogP contribution in [-0.2, 0) is 0 Å². The molecule has 0 spiro atoms. The molecule has 6 nitrogen and oxygen atoms in total. The second-order valence-electron chi connectivity index (χ2n) is 6.51. The third-order valence-corrected chi connectivity index (χ3v) is 6.08. The summed E-state index contributed by atoms with van der Waals surface area (Å²) in [7, 11) is 0. The number of nitrogens with zero attached hydrogens (tertiary/aromatic N) is 2. The molecule has 8 heteroatoms. The first-order valence-electron chi connectivity index (χ1n) is 8.66. The number of thiocarbonyl (C=S) groups is 1. The van der Waals surface area contributed by atoms with Crippen LogP contribution in [0.1, 0.15) is 43.6 Å². The van der Waals surface area contributed by atoms with Crippen LogP contribution in [0.2, 0.25) is 0 Å². The van der Waals surface area contributed by atoms with E-state index in [1.54, 1.807) is 12.1 Å². The van der Waals surface area contributed by atoms with Gasteiger partial charge in [-0.2, -0.15) is 0 Å². The van der Waals surface area contributed by atoms with Crippen molar-refractivity contribution in [3.05, 3.63) is 46.4 Å². The Hall–Kier alpha value is -1.93. The number of carbonyl (C=O) groups is 1. The number of benzene rings is 1. The molecule has 2 unspecified atom stereocenters. The van der Waals surface area contributed by atoms with Gasteiger partial charge < -0.3 is 4.90 Å². The highest BCUT2D eigenvalue weighted by atomic mass is 32.2. The molecule has 0 aliphatic carbocycles. The van der Waals surface area contributed by atoms with E-state index in [0.717, 1.165) is 12.8 Å². The van der Waals surface area contributed by atoms with E-state index in [1.165, 1.54) is 22.9 Å². The van der Waals surface area contributed by atoms with Gasteiger partial charge in [0, 0.05) is 24.2 Å². The second-order valence-corrected chi connectivity index (χ2v) is 8.12. The first-order valence-corrected chi connectivity index (χ1v) is 10.1. The summed E-state index contributed by atoms with van der Waals surface area (Å²) in [6.07, 6.45) is 3.41. The van der Waals surface area contributed by atoms with Crippen molar-refractivity contribution >= 4 is 34.1 Å². The lowest BCUT2D eigenvalue weighted by atomic mass is 9.99. The van der Waals surface area contributed by atoms with Gasteiger partial charge in [0.15, 0.2) is 0 Å². The molecule has 0 amide bonds. The van der Waals surface area contributed by atoms with Crippen molar-refractivity contribution in [1.29, 1.82) is 0 Å². The van der Waals surface area contributed by atoms with Crippen LogP contribution in [0, 0.1) is 0 Å². The van der Waals surface area contributed by atoms with E-state index in [1.807, 2.05) is 18.2 Å². The number of Topliss-reactive ketones (excluding diaryl/α,β-unsaturated/α-hetero) is 1. The largest absolute Gasteiger partial charge is 0.438 e. The van der Waals surface area contributed by atoms with Crippen LogP contribution in [0.5, 0.6) is 0 Å². The van der Waals surface area contributed by atoms with Crippen LogP contribution >= 0.6 is 24.0 Å². The molecule has 138 valence electrons. The number of carbonyl (C=O) groups excluding carboxylic acids is 1. The predicted octanol–water partition coefficient (Wildman–Crippen LogP) is 2.71. The van der Waals surface area contributed by atoms with Gasteiger partial charge in [-0.15, -0.1) is 0 Å². The number of likely N-dealkylation sites (tertiary alicyclic amines) is 1. The zero-order valence-corrected chi connectivity index (χ0v) is 16.4. The summed E-state index contributed by atoms with van der Waals surface area (Å²) in [5.74, 6) is -0.210. The molecular weight excluding hydrogens is 370 g/mol. The molecule has 1 aliphatic rings. The third kappa shape index (κ3) is 3.91. The van der Waals surface area contributed by atoms with Crippen LogP contribution in [0.25, 0.3) is 5.69 Å². The van der Waals surface area contributed by atoms with Crippen LogP contribution < -0.4 is 10.3 Å². The summed E-state index contributed by atoms with van der Waals surface area (Å²) >= 11 is 6.86.